The molecule has 0 unspecified atom stereocenters. The fraction of sp³-hybridized carbons (Fsp3) is 0.458. The number of piperidine rings is 1. The Hall–Kier alpha value is -2.90. The number of benzene rings is 1. The van der Waals surface area contributed by atoms with Crippen LogP contribution < -0.4 is 5.32 Å². The number of amides is 2. The first-order valence-electron chi connectivity index (χ1n) is 10.9. The number of rotatable bonds is 6. The minimum atomic E-state index is -4.57. The zero-order valence-electron chi connectivity index (χ0n) is 17.7. The lowest BCUT2D eigenvalue weighted by molar-refractivity contribution is -0.138. The summed E-state index contributed by atoms with van der Waals surface area (Å²) in [6.45, 7) is 1.35. The molecule has 5 nitrogen and oxygen atoms in total. The minimum Gasteiger partial charge on any atom is -0.356 e. The van der Waals surface area contributed by atoms with E-state index in [2.05, 4.69) is 10.3 Å². The van der Waals surface area contributed by atoms with Gasteiger partial charge in [-0.2, -0.15) is 13.2 Å². The van der Waals surface area contributed by atoms with Crippen molar-refractivity contribution in [1.82, 2.24) is 15.2 Å². The SMILES string of the molecule is O=C(NCCCc1ccncc1)[C@H]1CC12CCN(C(=O)c1ccccc1C(F)(F)F)CC2. The summed E-state index contributed by atoms with van der Waals surface area (Å²) >= 11 is 0. The molecule has 0 bridgehead atoms. The van der Waals surface area contributed by atoms with Gasteiger partial charge >= 0.3 is 6.18 Å². The molecule has 0 radical (unpaired) electrons. The maximum Gasteiger partial charge on any atom is 0.417 e. The number of alkyl halides is 3. The zero-order chi connectivity index (χ0) is 22.8. The first-order chi connectivity index (χ1) is 15.3. The van der Waals surface area contributed by atoms with Crippen LogP contribution in [0.25, 0.3) is 0 Å². The van der Waals surface area contributed by atoms with Crippen molar-refractivity contribution in [3.63, 3.8) is 0 Å². The summed E-state index contributed by atoms with van der Waals surface area (Å²) in [6, 6.07) is 8.82. The predicted molar refractivity (Wildman–Crippen MR) is 113 cm³/mol. The van der Waals surface area contributed by atoms with E-state index < -0.39 is 17.6 Å². The van der Waals surface area contributed by atoms with Gasteiger partial charge in [0.1, 0.15) is 0 Å². The molecule has 1 aromatic heterocycles. The Kier molecular flexibility index (Phi) is 6.22. The number of carbonyl (C=O) groups excluding carboxylic acids is 2. The number of hydrogen-bond donors (Lipinski definition) is 1. The number of likely N-dealkylation sites (tertiary alicyclic amines) is 1. The van der Waals surface area contributed by atoms with Crippen molar-refractivity contribution in [3.05, 3.63) is 65.5 Å². The number of hydrogen-bond acceptors (Lipinski definition) is 3. The molecule has 1 aliphatic heterocycles. The second-order valence-electron chi connectivity index (χ2n) is 8.70. The molecular formula is C24H26F3N3O2. The fourth-order valence-electron chi connectivity index (χ4n) is 4.69. The second kappa shape index (κ2) is 8.92. The lowest BCUT2D eigenvalue weighted by Crippen LogP contribution is -2.41. The van der Waals surface area contributed by atoms with Gasteiger partial charge in [-0.25, -0.2) is 0 Å². The van der Waals surface area contributed by atoms with Crippen LogP contribution in [0.15, 0.2) is 48.8 Å². The molecule has 8 heteroatoms. The van der Waals surface area contributed by atoms with E-state index >= 15 is 0 Å². The van der Waals surface area contributed by atoms with Crippen molar-refractivity contribution in [2.75, 3.05) is 19.6 Å². The van der Waals surface area contributed by atoms with E-state index in [-0.39, 0.29) is 22.8 Å². The smallest absolute Gasteiger partial charge is 0.356 e. The van der Waals surface area contributed by atoms with Crippen molar-refractivity contribution < 1.29 is 22.8 Å². The highest BCUT2D eigenvalue weighted by Gasteiger charge is 2.58. The Morgan fingerprint density at radius 1 is 1.09 bits per heavy atom. The number of nitrogens with one attached hydrogen (secondary N) is 1. The molecule has 32 heavy (non-hydrogen) atoms. The zero-order valence-corrected chi connectivity index (χ0v) is 17.7. The summed E-state index contributed by atoms with van der Waals surface area (Å²) in [5, 5.41) is 3.01. The molecule has 2 heterocycles. The Bertz CT molecular complexity index is 970. The molecule has 1 atom stereocenters. The van der Waals surface area contributed by atoms with Gasteiger partial charge in [-0.15, -0.1) is 0 Å². The molecule has 170 valence electrons. The molecule has 2 amide bonds. The number of nitrogens with zero attached hydrogens (tertiary/aromatic N) is 2. The second-order valence-corrected chi connectivity index (χ2v) is 8.70. The van der Waals surface area contributed by atoms with Gasteiger partial charge in [-0.3, -0.25) is 14.6 Å². The maximum atomic E-state index is 13.3. The van der Waals surface area contributed by atoms with Crippen LogP contribution in [0.4, 0.5) is 13.2 Å². The Labute approximate surface area is 185 Å². The standard InChI is InChI=1S/C24H26F3N3O2/c25-24(26,27)19-6-2-1-5-18(19)22(32)30-14-9-23(10-15-30)16-20(23)21(31)29-11-3-4-17-7-12-28-13-8-17/h1-2,5-8,12-13,20H,3-4,9-11,14-16H2,(H,29,31)/t20-/m1/s1. The number of aryl methyl sites for hydroxylation is 1. The predicted octanol–water partition coefficient (Wildman–Crippen LogP) is 4.09. The number of pyridine rings is 1. The number of aromatic nitrogens is 1. The molecule has 2 fully saturated rings. The minimum absolute atomic E-state index is 0.0434. The highest BCUT2D eigenvalue weighted by atomic mass is 19.4. The summed E-state index contributed by atoms with van der Waals surface area (Å²) in [7, 11) is 0. The van der Waals surface area contributed by atoms with Gasteiger partial charge in [-0.1, -0.05) is 12.1 Å². The molecule has 2 aliphatic rings. The Balaban J connectivity index is 1.25. The van der Waals surface area contributed by atoms with Gasteiger partial charge in [0, 0.05) is 37.9 Å². The summed E-state index contributed by atoms with van der Waals surface area (Å²) in [5.74, 6) is -0.615. The van der Waals surface area contributed by atoms with Gasteiger partial charge in [0.05, 0.1) is 11.1 Å². The van der Waals surface area contributed by atoms with Crippen LogP contribution in [-0.4, -0.2) is 41.3 Å². The molecule has 2 aromatic rings. The van der Waals surface area contributed by atoms with Crippen LogP contribution in [-0.2, 0) is 17.4 Å². The van der Waals surface area contributed by atoms with Crippen LogP contribution in [0.5, 0.6) is 0 Å². The van der Waals surface area contributed by atoms with Gasteiger partial charge in [-0.05, 0) is 67.3 Å². The average Bonchev–Trinajstić information content (AvgIpc) is 3.50. The molecule has 1 aromatic carbocycles. The van der Waals surface area contributed by atoms with E-state index in [1.54, 1.807) is 12.4 Å². The molecule has 4 rings (SSSR count). The number of halogens is 3. The van der Waals surface area contributed by atoms with Crippen LogP contribution >= 0.6 is 0 Å². The van der Waals surface area contributed by atoms with E-state index in [1.807, 2.05) is 12.1 Å². The van der Waals surface area contributed by atoms with Crippen molar-refractivity contribution in [3.8, 4) is 0 Å². The Morgan fingerprint density at radius 3 is 2.47 bits per heavy atom. The average molecular weight is 445 g/mol. The molecule has 1 saturated heterocycles. The van der Waals surface area contributed by atoms with Gasteiger partial charge in [0.15, 0.2) is 0 Å². The summed E-state index contributed by atoms with van der Waals surface area (Å²) < 4.78 is 39.8. The first kappa shape index (κ1) is 22.3. The van der Waals surface area contributed by atoms with E-state index in [0.717, 1.165) is 25.3 Å². The molecule has 1 N–H and O–H groups in total. The maximum absolute atomic E-state index is 13.3. The quantitative estimate of drug-likeness (QED) is 0.682. The molecule has 1 aliphatic carbocycles. The van der Waals surface area contributed by atoms with E-state index in [1.165, 1.54) is 28.7 Å². The van der Waals surface area contributed by atoms with Gasteiger partial charge in [0.25, 0.3) is 5.91 Å². The third-order valence-electron chi connectivity index (χ3n) is 6.71. The highest BCUT2D eigenvalue weighted by Crippen LogP contribution is 2.59. The monoisotopic (exact) mass is 445 g/mol. The molecular weight excluding hydrogens is 419 g/mol. The third kappa shape index (κ3) is 4.79. The first-order valence-corrected chi connectivity index (χ1v) is 10.9. The largest absolute Gasteiger partial charge is 0.417 e. The normalized spacial score (nSPS) is 19.6. The van der Waals surface area contributed by atoms with Crippen LogP contribution in [0.3, 0.4) is 0 Å². The van der Waals surface area contributed by atoms with Crippen LogP contribution in [0, 0.1) is 11.3 Å². The van der Waals surface area contributed by atoms with Crippen LogP contribution in [0.1, 0.15) is 47.2 Å². The Morgan fingerprint density at radius 2 is 1.78 bits per heavy atom. The van der Waals surface area contributed by atoms with E-state index in [4.69, 9.17) is 0 Å². The van der Waals surface area contributed by atoms with E-state index in [9.17, 15) is 22.8 Å². The lowest BCUT2D eigenvalue weighted by atomic mass is 9.90. The van der Waals surface area contributed by atoms with Crippen LogP contribution in [0.2, 0.25) is 0 Å². The van der Waals surface area contributed by atoms with Crippen molar-refractivity contribution in [2.24, 2.45) is 11.3 Å². The van der Waals surface area contributed by atoms with Crippen molar-refractivity contribution in [1.29, 1.82) is 0 Å². The fourth-order valence-corrected chi connectivity index (χ4v) is 4.69. The van der Waals surface area contributed by atoms with Crippen molar-refractivity contribution in [2.45, 2.75) is 38.3 Å². The van der Waals surface area contributed by atoms with Gasteiger partial charge in [0.2, 0.25) is 5.91 Å². The summed E-state index contributed by atoms with van der Waals surface area (Å²) in [5.41, 5.74) is -0.146. The summed E-state index contributed by atoms with van der Waals surface area (Å²) in [4.78, 5) is 30.8. The topological polar surface area (TPSA) is 62.3 Å². The molecule has 1 spiro atoms. The molecule has 1 saturated carbocycles. The number of carbonyl (C=O) groups is 2. The van der Waals surface area contributed by atoms with E-state index in [0.29, 0.717) is 32.5 Å². The highest BCUT2D eigenvalue weighted by molar-refractivity contribution is 5.96. The lowest BCUT2D eigenvalue weighted by Gasteiger charge is -2.33. The third-order valence-corrected chi connectivity index (χ3v) is 6.71. The van der Waals surface area contributed by atoms with Gasteiger partial charge < -0.3 is 10.2 Å². The summed E-state index contributed by atoms with van der Waals surface area (Å²) in [6.07, 6.45) is 2.71. The van der Waals surface area contributed by atoms with Crippen molar-refractivity contribution >= 4 is 11.8 Å².